The van der Waals surface area contributed by atoms with E-state index in [1.54, 1.807) is 0 Å². The van der Waals surface area contributed by atoms with Gasteiger partial charge in [0.2, 0.25) is 0 Å². The van der Waals surface area contributed by atoms with E-state index in [4.69, 9.17) is 29.2 Å². The van der Waals surface area contributed by atoms with Gasteiger partial charge in [0.25, 0.3) is 8.53 Å². The van der Waals surface area contributed by atoms with Crippen molar-refractivity contribution >= 4 is 16.5 Å². The number of nitrogens with zero attached hydrogens (tertiary/aromatic N) is 1. The summed E-state index contributed by atoms with van der Waals surface area (Å²) in [4.78, 5) is 28.6. The van der Waals surface area contributed by atoms with Gasteiger partial charge in [0.15, 0.2) is 6.16 Å². The smallest absolute Gasteiger partial charge is 0.317 e. The lowest BCUT2D eigenvalue weighted by molar-refractivity contribution is 0.181. The van der Waals surface area contributed by atoms with Crippen molar-refractivity contribution < 1.29 is 23.7 Å². The van der Waals surface area contributed by atoms with Crippen LogP contribution >= 0.6 is 16.5 Å². The van der Waals surface area contributed by atoms with Crippen LogP contribution in [-0.4, -0.2) is 44.4 Å². The van der Waals surface area contributed by atoms with Gasteiger partial charge in [-0.05, 0) is 38.8 Å². The van der Waals surface area contributed by atoms with Gasteiger partial charge < -0.3 is 9.05 Å². The van der Waals surface area contributed by atoms with Gasteiger partial charge in [-0.3, -0.25) is 10.4 Å². The number of hydrogen-bond donors (Lipinski definition) is 4. The average Bonchev–Trinajstić information content (AvgIpc) is 2.71. The number of benzene rings is 2. The quantitative estimate of drug-likeness (QED) is 0.359. The molecule has 0 aliphatic rings. The highest BCUT2D eigenvalue weighted by molar-refractivity contribution is 7.58. The van der Waals surface area contributed by atoms with E-state index in [9.17, 15) is 0 Å². The molecule has 5 N–H and O–H groups in total. The van der Waals surface area contributed by atoms with Crippen LogP contribution in [0.1, 0.15) is 38.8 Å². The maximum absolute atomic E-state index is 8.83. The summed E-state index contributed by atoms with van der Waals surface area (Å²) in [6, 6.07) is 20.6. The topological polar surface area (TPSA) is 108 Å². The van der Waals surface area contributed by atoms with Gasteiger partial charge in [0.05, 0.1) is 13.2 Å². The van der Waals surface area contributed by atoms with Crippen molar-refractivity contribution in [2.24, 2.45) is 5.50 Å². The van der Waals surface area contributed by atoms with Gasteiger partial charge in [-0.15, -0.1) is 0 Å². The highest BCUT2D eigenvalue weighted by atomic mass is 31.2. The SMILES string of the molecule is CC(C)N(CC[P+](O)(O)O)C(C)C.NP(OCc1ccccc1)OCc1ccccc1. The molecule has 0 radical (unpaired) electrons. The molecule has 0 heterocycles. The summed E-state index contributed by atoms with van der Waals surface area (Å²) in [6.07, 6.45) is 0.0589. The zero-order valence-corrected chi connectivity index (χ0v) is 20.6. The lowest BCUT2D eigenvalue weighted by atomic mass is 10.2. The fraction of sp³-hybridized carbons (Fsp3) is 0.455. The molecule has 0 saturated heterocycles. The zero-order chi connectivity index (χ0) is 23.3. The summed E-state index contributed by atoms with van der Waals surface area (Å²) in [5, 5.41) is 0. The summed E-state index contributed by atoms with van der Waals surface area (Å²) in [7, 11) is -4.92. The van der Waals surface area contributed by atoms with Crippen molar-refractivity contribution in [1.82, 2.24) is 4.90 Å². The predicted molar refractivity (Wildman–Crippen MR) is 129 cm³/mol. The van der Waals surface area contributed by atoms with Crippen molar-refractivity contribution in [2.75, 3.05) is 12.7 Å². The summed E-state index contributed by atoms with van der Waals surface area (Å²) in [5.41, 5.74) is 7.98. The molecule has 9 heteroatoms. The summed E-state index contributed by atoms with van der Waals surface area (Å²) < 4.78 is 10.9. The molecular formula is C22H37N2O5P2+. The Hall–Kier alpha value is -0.980. The Morgan fingerprint density at radius 1 is 0.806 bits per heavy atom. The van der Waals surface area contributed by atoms with Crippen LogP contribution in [0, 0.1) is 0 Å². The van der Waals surface area contributed by atoms with E-state index in [2.05, 4.69) is 4.90 Å². The fourth-order valence-electron chi connectivity index (χ4n) is 2.82. The van der Waals surface area contributed by atoms with Gasteiger partial charge in [-0.1, -0.05) is 60.7 Å². The van der Waals surface area contributed by atoms with Gasteiger partial charge in [-0.2, -0.15) is 14.7 Å². The molecule has 0 fully saturated rings. The lowest BCUT2D eigenvalue weighted by Crippen LogP contribution is -2.39. The Balaban J connectivity index is 0.000000330. The lowest BCUT2D eigenvalue weighted by Gasteiger charge is -2.29. The van der Waals surface area contributed by atoms with Crippen LogP contribution in [0.15, 0.2) is 60.7 Å². The highest BCUT2D eigenvalue weighted by Gasteiger charge is 2.31. The van der Waals surface area contributed by atoms with Crippen LogP contribution in [0.2, 0.25) is 0 Å². The molecular weight excluding hydrogens is 434 g/mol. The van der Waals surface area contributed by atoms with E-state index >= 15 is 0 Å². The zero-order valence-electron chi connectivity index (χ0n) is 18.8. The van der Waals surface area contributed by atoms with Crippen LogP contribution in [0.3, 0.4) is 0 Å². The monoisotopic (exact) mass is 471 g/mol. The van der Waals surface area contributed by atoms with Gasteiger partial charge in [0, 0.05) is 18.6 Å². The standard InChI is InChI=1S/C14H16NO2P.C8H21NO3P/c15-18(16-11-13-7-3-1-4-8-13)17-12-14-9-5-2-6-10-14;1-7(2)9(8(3)4)5-6-13(10,11)12/h1-10H,11-12,15H2;7-8,10-12H,5-6H2,1-4H3/q;+1. The van der Waals surface area contributed by atoms with E-state index in [1.165, 1.54) is 0 Å². The van der Waals surface area contributed by atoms with E-state index < -0.39 is 16.5 Å². The molecule has 0 aromatic heterocycles. The second-order valence-electron chi connectivity index (χ2n) is 7.64. The van der Waals surface area contributed by atoms with Crippen molar-refractivity contribution in [3.05, 3.63) is 71.8 Å². The van der Waals surface area contributed by atoms with Gasteiger partial charge in [0.1, 0.15) is 0 Å². The molecule has 0 aliphatic carbocycles. The first-order valence-electron chi connectivity index (χ1n) is 10.3. The first-order valence-corrected chi connectivity index (χ1v) is 13.4. The second kappa shape index (κ2) is 15.0. The van der Waals surface area contributed by atoms with Crippen molar-refractivity contribution in [3.63, 3.8) is 0 Å². The molecule has 0 aliphatic heterocycles. The first-order chi connectivity index (χ1) is 14.6. The minimum atomic E-state index is -3.59. The summed E-state index contributed by atoms with van der Waals surface area (Å²) in [6.45, 7) is 9.68. The van der Waals surface area contributed by atoms with Crippen molar-refractivity contribution in [2.45, 2.75) is 53.0 Å². The van der Waals surface area contributed by atoms with Crippen molar-refractivity contribution in [3.8, 4) is 0 Å². The summed E-state index contributed by atoms with van der Waals surface area (Å²) in [5.74, 6) is 0. The molecule has 0 saturated carbocycles. The third kappa shape index (κ3) is 13.9. The Morgan fingerprint density at radius 3 is 1.52 bits per heavy atom. The molecule has 0 amide bonds. The third-order valence-electron chi connectivity index (χ3n) is 4.39. The first kappa shape index (κ1) is 28.1. The molecule has 2 rings (SSSR count). The Bertz CT molecular complexity index is 649. The van der Waals surface area contributed by atoms with Gasteiger partial charge in [-0.25, -0.2) is 0 Å². The maximum atomic E-state index is 8.83. The highest BCUT2D eigenvalue weighted by Crippen LogP contribution is 2.44. The fourth-order valence-corrected chi connectivity index (χ4v) is 3.95. The van der Waals surface area contributed by atoms with E-state index in [-0.39, 0.29) is 6.16 Å². The normalized spacial score (nSPS) is 11.9. The third-order valence-corrected chi connectivity index (χ3v) is 5.95. The minimum absolute atomic E-state index is 0.0589. The molecule has 0 atom stereocenters. The molecule has 31 heavy (non-hydrogen) atoms. The summed E-state index contributed by atoms with van der Waals surface area (Å²) >= 11 is 0. The number of nitrogens with two attached hydrogens (primary N) is 1. The van der Waals surface area contributed by atoms with E-state index in [1.807, 2.05) is 88.4 Å². The van der Waals surface area contributed by atoms with Crippen LogP contribution in [0.5, 0.6) is 0 Å². The van der Waals surface area contributed by atoms with Crippen LogP contribution < -0.4 is 5.50 Å². The Morgan fingerprint density at radius 2 is 1.19 bits per heavy atom. The minimum Gasteiger partial charge on any atom is -0.317 e. The number of hydrogen-bond acceptors (Lipinski definition) is 7. The molecule has 0 bridgehead atoms. The Kier molecular flexibility index (Phi) is 13.5. The Labute approximate surface area is 188 Å². The second-order valence-corrected chi connectivity index (χ2v) is 10.6. The van der Waals surface area contributed by atoms with E-state index in [0.717, 1.165) is 11.1 Å². The van der Waals surface area contributed by atoms with E-state index in [0.29, 0.717) is 31.8 Å². The number of rotatable bonds is 11. The molecule has 0 unspecified atom stereocenters. The molecule has 2 aromatic carbocycles. The molecule has 7 nitrogen and oxygen atoms in total. The van der Waals surface area contributed by atoms with Crippen LogP contribution in [0.25, 0.3) is 0 Å². The molecule has 0 spiro atoms. The molecule has 2 aromatic rings. The van der Waals surface area contributed by atoms with Gasteiger partial charge >= 0.3 is 7.94 Å². The average molecular weight is 471 g/mol. The van der Waals surface area contributed by atoms with Crippen molar-refractivity contribution in [1.29, 1.82) is 0 Å². The largest absolute Gasteiger partial charge is 0.405 e. The van der Waals surface area contributed by atoms with Crippen LogP contribution in [-0.2, 0) is 22.3 Å². The maximum Gasteiger partial charge on any atom is 0.405 e. The molecule has 174 valence electrons. The van der Waals surface area contributed by atoms with Crippen LogP contribution in [0.4, 0.5) is 0 Å². The predicted octanol–water partition coefficient (Wildman–Crippen LogP) is 4.45.